The lowest BCUT2D eigenvalue weighted by atomic mass is 9.94. The summed E-state index contributed by atoms with van der Waals surface area (Å²) in [6.45, 7) is 4.13. The molecule has 3 heterocycles. The Balaban J connectivity index is 1.70. The van der Waals surface area contributed by atoms with E-state index in [1.54, 1.807) is 35.5 Å². The van der Waals surface area contributed by atoms with Gasteiger partial charge in [-0.2, -0.15) is 5.10 Å². The number of hydrogen-bond acceptors (Lipinski definition) is 5. The summed E-state index contributed by atoms with van der Waals surface area (Å²) in [6.07, 6.45) is 3.42. The summed E-state index contributed by atoms with van der Waals surface area (Å²) in [6, 6.07) is 13.9. The number of amides is 1. The van der Waals surface area contributed by atoms with Crippen LogP contribution in [0.1, 0.15) is 44.3 Å². The first-order valence-corrected chi connectivity index (χ1v) is 10.3. The van der Waals surface area contributed by atoms with Crippen molar-refractivity contribution in [3.8, 4) is 22.8 Å². The molecule has 0 radical (unpaired) electrons. The number of nitrogens with one attached hydrogen (secondary N) is 1. The van der Waals surface area contributed by atoms with Gasteiger partial charge in [-0.15, -0.1) is 0 Å². The van der Waals surface area contributed by atoms with E-state index in [9.17, 15) is 15.0 Å². The van der Waals surface area contributed by atoms with E-state index in [-0.39, 0.29) is 17.4 Å². The van der Waals surface area contributed by atoms with Crippen LogP contribution in [0.4, 0.5) is 0 Å². The SMILES string of the molecule is Cc1cc(C)c(O)c(-c2n[nH]c3c2[C@H](c2cccc(O)c2)N(Cc2cccnc2)C3=O)c1. The molecule has 160 valence electrons. The number of phenolic OH excluding ortho intramolecular Hbond substituents is 2. The van der Waals surface area contributed by atoms with Gasteiger partial charge in [0.15, 0.2) is 0 Å². The van der Waals surface area contributed by atoms with Crippen LogP contribution < -0.4 is 0 Å². The summed E-state index contributed by atoms with van der Waals surface area (Å²) in [5, 5.41) is 28.3. The van der Waals surface area contributed by atoms with Crippen molar-refractivity contribution >= 4 is 5.91 Å². The molecule has 0 unspecified atom stereocenters. The summed E-state index contributed by atoms with van der Waals surface area (Å²) < 4.78 is 0. The van der Waals surface area contributed by atoms with Crippen LogP contribution in [0.25, 0.3) is 11.3 Å². The average Bonchev–Trinajstić information content (AvgIpc) is 3.31. The van der Waals surface area contributed by atoms with Gasteiger partial charge in [-0.25, -0.2) is 0 Å². The van der Waals surface area contributed by atoms with E-state index >= 15 is 0 Å². The predicted molar refractivity (Wildman–Crippen MR) is 119 cm³/mol. The Bertz CT molecular complexity index is 1330. The first-order chi connectivity index (χ1) is 15.4. The number of fused-ring (bicyclic) bond motifs is 1. The van der Waals surface area contributed by atoms with Crippen molar-refractivity contribution in [3.05, 3.63) is 94.4 Å². The highest BCUT2D eigenvalue weighted by molar-refractivity contribution is 6.00. The minimum Gasteiger partial charge on any atom is -0.508 e. The largest absolute Gasteiger partial charge is 0.508 e. The second kappa shape index (κ2) is 7.53. The van der Waals surface area contributed by atoms with Crippen molar-refractivity contribution in [2.24, 2.45) is 0 Å². The van der Waals surface area contributed by atoms with E-state index in [0.717, 1.165) is 22.3 Å². The van der Waals surface area contributed by atoms with Crippen LogP contribution >= 0.6 is 0 Å². The first-order valence-electron chi connectivity index (χ1n) is 10.3. The molecule has 32 heavy (non-hydrogen) atoms. The molecule has 4 aromatic rings. The molecular weight excluding hydrogens is 404 g/mol. The van der Waals surface area contributed by atoms with E-state index in [2.05, 4.69) is 15.2 Å². The van der Waals surface area contributed by atoms with E-state index in [1.807, 2.05) is 44.2 Å². The molecule has 0 saturated heterocycles. The highest BCUT2D eigenvalue weighted by atomic mass is 16.3. The number of carbonyl (C=O) groups is 1. The molecule has 0 fully saturated rings. The lowest BCUT2D eigenvalue weighted by molar-refractivity contribution is 0.0729. The fourth-order valence-corrected chi connectivity index (χ4v) is 4.44. The highest BCUT2D eigenvalue weighted by Crippen LogP contribution is 2.46. The summed E-state index contributed by atoms with van der Waals surface area (Å²) in [4.78, 5) is 19.3. The van der Waals surface area contributed by atoms with Gasteiger partial charge in [0.1, 0.15) is 22.9 Å². The monoisotopic (exact) mass is 426 g/mol. The maximum atomic E-state index is 13.4. The smallest absolute Gasteiger partial charge is 0.273 e. The van der Waals surface area contributed by atoms with Gasteiger partial charge in [-0.05, 0) is 60.4 Å². The second-order valence-electron chi connectivity index (χ2n) is 8.13. The van der Waals surface area contributed by atoms with E-state index in [1.165, 1.54) is 0 Å². The van der Waals surface area contributed by atoms with E-state index in [4.69, 9.17) is 0 Å². The lowest BCUT2D eigenvalue weighted by Crippen LogP contribution is -2.29. The number of nitrogens with zero attached hydrogens (tertiary/aromatic N) is 3. The fourth-order valence-electron chi connectivity index (χ4n) is 4.44. The molecule has 5 rings (SSSR count). The molecule has 0 saturated carbocycles. The van der Waals surface area contributed by atoms with Crippen LogP contribution in [-0.2, 0) is 6.54 Å². The first kappa shape index (κ1) is 19.8. The summed E-state index contributed by atoms with van der Waals surface area (Å²) in [5.41, 5.74) is 5.54. The van der Waals surface area contributed by atoms with Crippen molar-refractivity contribution in [2.45, 2.75) is 26.4 Å². The van der Waals surface area contributed by atoms with Gasteiger partial charge in [0.05, 0.1) is 6.04 Å². The number of aromatic hydroxyl groups is 2. The minimum atomic E-state index is -0.487. The molecule has 1 aliphatic rings. The molecule has 0 aliphatic carbocycles. The van der Waals surface area contributed by atoms with E-state index < -0.39 is 6.04 Å². The second-order valence-corrected chi connectivity index (χ2v) is 8.13. The number of carbonyl (C=O) groups excluding carboxylic acids is 1. The van der Waals surface area contributed by atoms with Crippen molar-refractivity contribution in [2.75, 3.05) is 0 Å². The number of phenols is 2. The number of H-pyrrole nitrogens is 1. The van der Waals surface area contributed by atoms with Gasteiger partial charge in [-0.3, -0.25) is 14.9 Å². The number of pyridine rings is 1. The Kier molecular flexibility index (Phi) is 4.66. The van der Waals surface area contributed by atoms with E-state index in [0.29, 0.717) is 29.1 Å². The third-order valence-electron chi connectivity index (χ3n) is 5.83. The Morgan fingerprint density at radius 3 is 2.69 bits per heavy atom. The molecule has 2 aromatic heterocycles. The minimum absolute atomic E-state index is 0.115. The molecule has 1 aliphatic heterocycles. The van der Waals surface area contributed by atoms with Crippen molar-refractivity contribution < 1.29 is 15.0 Å². The van der Waals surface area contributed by atoms with Crippen LogP contribution in [0.5, 0.6) is 11.5 Å². The van der Waals surface area contributed by atoms with Crippen molar-refractivity contribution in [1.82, 2.24) is 20.1 Å². The number of aromatic amines is 1. The molecule has 7 heteroatoms. The number of aryl methyl sites for hydroxylation is 2. The predicted octanol–water partition coefficient (Wildman–Crippen LogP) is 4.25. The molecular formula is C25H22N4O3. The normalized spacial score (nSPS) is 15.2. The highest BCUT2D eigenvalue weighted by Gasteiger charge is 2.42. The third-order valence-corrected chi connectivity index (χ3v) is 5.83. The Morgan fingerprint density at radius 2 is 1.94 bits per heavy atom. The standard InChI is InChI=1S/C25H22N4O3/c1-14-9-15(2)24(31)19(10-14)21-20-22(28-27-21)25(32)29(13-16-5-4-8-26-12-16)23(20)17-6-3-7-18(30)11-17/h3-12,23,30-31H,13H2,1-2H3,(H,27,28)/t23-/m0/s1. The molecule has 2 aromatic carbocycles. The van der Waals surface area contributed by atoms with Gasteiger partial charge in [0, 0.05) is 30.1 Å². The zero-order chi connectivity index (χ0) is 22.4. The quantitative estimate of drug-likeness (QED) is 0.453. The van der Waals surface area contributed by atoms with Gasteiger partial charge < -0.3 is 15.1 Å². The third kappa shape index (κ3) is 3.19. The molecule has 7 nitrogen and oxygen atoms in total. The zero-order valence-electron chi connectivity index (χ0n) is 17.7. The van der Waals surface area contributed by atoms with Crippen LogP contribution in [0.15, 0.2) is 60.9 Å². The lowest BCUT2D eigenvalue weighted by Gasteiger charge is -2.26. The van der Waals surface area contributed by atoms with Crippen LogP contribution in [0.2, 0.25) is 0 Å². The van der Waals surface area contributed by atoms with Crippen LogP contribution in [0, 0.1) is 13.8 Å². The zero-order valence-corrected chi connectivity index (χ0v) is 17.7. The van der Waals surface area contributed by atoms with Crippen LogP contribution in [0.3, 0.4) is 0 Å². The Labute approximate surface area is 185 Å². The van der Waals surface area contributed by atoms with Gasteiger partial charge >= 0.3 is 0 Å². The van der Waals surface area contributed by atoms with Gasteiger partial charge in [0.2, 0.25) is 0 Å². The van der Waals surface area contributed by atoms with Crippen molar-refractivity contribution in [1.29, 1.82) is 0 Å². The maximum Gasteiger partial charge on any atom is 0.273 e. The summed E-state index contributed by atoms with van der Waals surface area (Å²) in [5.74, 6) is 0.0570. The Morgan fingerprint density at radius 1 is 1.09 bits per heavy atom. The topological polar surface area (TPSA) is 102 Å². The molecule has 1 atom stereocenters. The summed E-state index contributed by atoms with van der Waals surface area (Å²) >= 11 is 0. The average molecular weight is 426 g/mol. The molecule has 0 bridgehead atoms. The molecule has 1 amide bonds. The van der Waals surface area contributed by atoms with Gasteiger partial charge in [0.25, 0.3) is 5.91 Å². The number of rotatable bonds is 4. The number of hydrogen-bond donors (Lipinski definition) is 3. The summed E-state index contributed by atoms with van der Waals surface area (Å²) in [7, 11) is 0. The van der Waals surface area contributed by atoms with Crippen molar-refractivity contribution in [3.63, 3.8) is 0 Å². The molecule has 0 spiro atoms. The Hall–Kier alpha value is -4.13. The number of aromatic nitrogens is 3. The number of benzene rings is 2. The molecule has 3 N–H and O–H groups in total. The van der Waals surface area contributed by atoms with Gasteiger partial charge in [-0.1, -0.05) is 24.3 Å². The van der Waals surface area contributed by atoms with Crippen LogP contribution in [-0.4, -0.2) is 36.2 Å². The fraction of sp³-hybridized carbons (Fsp3) is 0.160. The maximum absolute atomic E-state index is 13.4.